The predicted octanol–water partition coefficient (Wildman–Crippen LogP) is 0.766. The van der Waals surface area contributed by atoms with Gasteiger partial charge in [-0.3, -0.25) is 10.2 Å². The molecule has 0 atom stereocenters. The van der Waals surface area contributed by atoms with Crippen molar-refractivity contribution < 1.29 is 9.18 Å². The molecule has 0 unspecified atom stereocenters. The lowest BCUT2D eigenvalue weighted by molar-refractivity contribution is 0.0799. The van der Waals surface area contributed by atoms with Crippen LogP contribution >= 0.6 is 0 Å². The van der Waals surface area contributed by atoms with Crippen LogP contribution in [0.3, 0.4) is 0 Å². The van der Waals surface area contributed by atoms with Gasteiger partial charge in [0.2, 0.25) is 0 Å². The molecule has 2 rings (SSSR count). The summed E-state index contributed by atoms with van der Waals surface area (Å²) < 4.78 is 12.7. The van der Waals surface area contributed by atoms with Gasteiger partial charge in [-0.05, 0) is 37.2 Å². The van der Waals surface area contributed by atoms with Gasteiger partial charge in [0.15, 0.2) is 0 Å². The van der Waals surface area contributed by atoms with E-state index in [9.17, 15) is 9.18 Å². The van der Waals surface area contributed by atoms with Crippen LogP contribution in [0.2, 0.25) is 0 Å². The van der Waals surface area contributed by atoms with Gasteiger partial charge in [0.1, 0.15) is 5.82 Å². The highest BCUT2D eigenvalue weighted by Gasteiger charge is 2.12. The van der Waals surface area contributed by atoms with Gasteiger partial charge in [-0.15, -0.1) is 0 Å². The zero-order chi connectivity index (χ0) is 12.1. The molecule has 0 aliphatic carbocycles. The number of amides is 1. The number of carbonyl (C=O) groups is 1. The van der Waals surface area contributed by atoms with Crippen molar-refractivity contribution in [1.82, 2.24) is 15.8 Å². The Kier molecular flexibility index (Phi) is 4.06. The van der Waals surface area contributed by atoms with E-state index in [1.807, 2.05) is 5.01 Å². The number of nitrogens with one attached hydrogen (secondary N) is 2. The highest BCUT2D eigenvalue weighted by atomic mass is 19.1. The van der Waals surface area contributed by atoms with Crippen LogP contribution in [0, 0.1) is 5.82 Å². The summed E-state index contributed by atoms with van der Waals surface area (Å²) in [5, 5.41) is 5.15. The largest absolute Gasteiger partial charge is 0.315 e. The molecule has 2 N–H and O–H groups in total. The van der Waals surface area contributed by atoms with E-state index in [1.165, 1.54) is 24.3 Å². The minimum Gasteiger partial charge on any atom is -0.315 e. The summed E-state index contributed by atoms with van der Waals surface area (Å²) >= 11 is 0. The minimum absolute atomic E-state index is 0.188. The van der Waals surface area contributed by atoms with Gasteiger partial charge in [-0.2, -0.15) is 0 Å². The van der Waals surface area contributed by atoms with Gasteiger partial charge in [0.25, 0.3) is 5.91 Å². The summed E-state index contributed by atoms with van der Waals surface area (Å²) in [7, 11) is 0. The molecule has 17 heavy (non-hydrogen) atoms. The highest BCUT2D eigenvalue weighted by molar-refractivity contribution is 5.93. The molecule has 1 aliphatic heterocycles. The molecule has 1 fully saturated rings. The van der Waals surface area contributed by atoms with Crippen molar-refractivity contribution in [1.29, 1.82) is 0 Å². The van der Waals surface area contributed by atoms with E-state index in [2.05, 4.69) is 10.7 Å². The Labute approximate surface area is 99.8 Å². The minimum atomic E-state index is -0.333. The molecule has 92 valence electrons. The summed E-state index contributed by atoms with van der Waals surface area (Å²) in [4.78, 5) is 11.8. The average molecular weight is 237 g/mol. The smallest absolute Gasteiger partial charge is 0.265 e. The second-order valence-corrected chi connectivity index (χ2v) is 4.04. The van der Waals surface area contributed by atoms with E-state index < -0.39 is 0 Å². The van der Waals surface area contributed by atoms with Crippen LogP contribution in [0.5, 0.6) is 0 Å². The summed E-state index contributed by atoms with van der Waals surface area (Å²) in [6.07, 6.45) is 1.00. The van der Waals surface area contributed by atoms with Gasteiger partial charge in [0, 0.05) is 25.2 Å². The molecular formula is C12H16FN3O. The Hall–Kier alpha value is -1.46. The lowest BCUT2D eigenvalue weighted by atomic mass is 10.2. The fraction of sp³-hybridized carbons (Fsp3) is 0.417. The SMILES string of the molecule is O=C(NN1CCCNCC1)c1ccc(F)cc1. The number of hydrogen-bond donors (Lipinski definition) is 2. The number of hydrogen-bond acceptors (Lipinski definition) is 3. The van der Waals surface area contributed by atoms with Crippen LogP contribution in [0.15, 0.2) is 24.3 Å². The van der Waals surface area contributed by atoms with E-state index in [4.69, 9.17) is 0 Å². The number of halogens is 1. The number of nitrogens with zero attached hydrogens (tertiary/aromatic N) is 1. The molecule has 1 aliphatic rings. The number of hydrazine groups is 1. The lowest BCUT2D eigenvalue weighted by Gasteiger charge is -2.20. The lowest BCUT2D eigenvalue weighted by Crippen LogP contribution is -2.44. The highest BCUT2D eigenvalue weighted by Crippen LogP contribution is 2.03. The molecule has 1 saturated heterocycles. The van der Waals surface area contributed by atoms with Crippen molar-refractivity contribution in [2.45, 2.75) is 6.42 Å². The van der Waals surface area contributed by atoms with Crippen LogP contribution < -0.4 is 10.7 Å². The first-order valence-corrected chi connectivity index (χ1v) is 5.78. The molecule has 5 heteroatoms. The van der Waals surface area contributed by atoms with Crippen LogP contribution in [-0.2, 0) is 0 Å². The van der Waals surface area contributed by atoms with Gasteiger partial charge >= 0.3 is 0 Å². The number of benzene rings is 1. The third-order valence-corrected chi connectivity index (χ3v) is 2.71. The maximum atomic E-state index is 12.7. The first kappa shape index (κ1) is 12.0. The van der Waals surface area contributed by atoms with Crippen molar-refractivity contribution in [2.75, 3.05) is 26.2 Å². The average Bonchev–Trinajstić information content (AvgIpc) is 2.58. The summed E-state index contributed by atoms with van der Waals surface area (Å²) in [6.45, 7) is 3.46. The first-order chi connectivity index (χ1) is 8.25. The predicted molar refractivity (Wildman–Crippen MR) is 62.9 cm³/mol. The molecule has 0 aromatic heterocycles. The maximum absolute atomic E-state index is 12.7. The Morgan fingerprint density at radius 3 is 2.76 bits per heavy atom. The molecule has 1 heterocycles. The second kappa shape index (κ2) is 5.75. The van der Waals surface area contributed by atoms with Crippen molar-refractivity contribution in [3.63, 3.8) is 0 Å². The molecule has 0 spiro atoms. The van der Waals surface area contributed by atoms with Crippen LogP contribution in [0.4, 0.5) is 4.39 Å². The standard InChI is InChI=1S/C12H16FN3O/c13-11-4-2-10(3-5-11)12(17)15-16-8-1-6-14-7-9-16/h2-5,14H,1,6-9H2,(H,15,17). The van der Waals surface area contributed by atoms with E-state index >= 15 is 0 Å². The van der Waals surface area contributed by atoms with Gasteiger partial charge < -0.3 is 5.32 Å². The van der Waals surface area contributed by atoms with Gasteiger partial charge in [-0.1, -0.05) is 0 Å². The molecule has 1 aromatic rings. The van der Waals surface area contributed by atoms with Crippen LogP contribution in [0.1, 0.15) is 16.8 Å². The summed E-state index contributed by atoms with van der Waals surface area (Å²) in [5.74, 6) is -0.521. The van der Waals surface area contributed by atoms with E-state index in [-0.39, 0.29) is 11.7 Å². The maximum Gasteiger partial charge on any atom is 0.265 e. The Morgan fingerprint density at radius 1 is 1.24 bits per heavy atom. The van der Waals surface area contributed by atoms with Crippen LogP contribution in [0.25, 0.3) is 0 Å². The molecule has 1 aromatic carbocycles. The third-order valence-electron chi connectivity index (χ3n) is 2.71. The number of rotatable bonds is 2. The van der Waals surface area contributed by atoms with Crippen molar-refractivity contribution in [3.8, 4) is 0 Å². The van der Waals surface area contributed by atoms with Gasteiger partial charge in [-0.25, -0.2) is 9.40 Å². The van der Waals surface area contributed by atoms with Crippen molar-refractivity contribution in [3.05, 3.63) is 35.6 Å². The monoisotopic (exact) mass is 237 g/mol. The van der Waals surface area contributed by atoms with Crippen molar-refractivity contribution in [2.24, 2.45) is 0 Å². The van der Waals surface area contributed by atoms with E-state index in [0.29, 0.717) is 5.56 Å². The molecule has 0 radical (unpaired) electrons. The molecular weight excluding hydrogens is 221 g/mol. The van der Waals surface area contributed by atoms with Crippen molar-refractivity contribution >= 4 is 5.91 Å². The first-order valence-electron chi connectivity index (χ1n) is 5.78. The molecule has 4 nitrogen and oxygen atoms in total. The van der Waals surface area contributed by atoms with E-state index in [1.54, 1.807) is 0 Å². The van der Waals surface area contributed by atoms with Crippen LogP contribution in [-0.4, -0.2) is 37.1 Å². The fourth-order valence-electron chi connectivity index (χ4n) is 1.77. The normalized spacial score (nSPS) is 17.5. The fourth-order valence-corrected chi connectivity index (χ4v) is 1.77. The molecule has 0 saturated carbocycles. The third kappa shape index (κ3) is 3.51. The van der Waals surface area contributed by atoms with Gasteiger partial charge in [0.05, 0.1) is 0 Å². The zero-order valence-corrected chi connectivity index (χ0v) is 9.58. The quantitative estimate of drug-likeness (QED) is 0.798. The topological polar surface area (TPSA) is 44.4 Å². The summed E-state index contributed by atoms with van der Waals surface area (Å²) in [6, 6.07) is 5.55. The molecule has 0 bridgehead atoms. The second-order valence-electron chi connectivity index (χ2n) is 4.04. The summed E-state index contributed by atoms with van der Waals surface area (Å²) in [5.41, 5.74) is 3.30. The Morgan fingerprint density at radius 2 is 2.00 bits per heavy atom. The number of carbonyl (C=O) groups excluding carboxylic acids is 1. The Balaban J connectivity index is 1.93. The Bertz CT molecular complexity index is 372. The molecule has 1 amide bonds. The zero-order valence-electron chi connectivity index (χ0n) is 9.58. The van der Waals surface area contributed by atoms with E-state index in [0.717, 1.165) is 32.6 Å².